The second kappa shape index (κ2) is 8.25. The summed E-state index contributed by atoms with van der Waals surface area (Å²) in [5.74, 6) is 2.97. The van der Waals surface area contributed by atoms with Crippen LogP contribution in [0.15, 0.2) is 38.4 Å². The topological polar surface area (TPSA) is 82.4 Å². The first kappa shape index (κ1) is 24.5. The highest BCUT2D eigenvalue weighted by atomic mass is 35.5. The maximum atomic E-state index is 15.3. The Labute approximate surface area is 203 Å². The maximum absolute atomic E-state index is 15.3. The van der Waals surface area contributed by atoms with Crippen LogP contribution in [0.2, 0.25) is 5.02 Å². The lowest BCUT2D eigenvalue weighted by molar-refractivity contribution is 0.188. The van der Waals surface area contributed by atoms with Crippen molar-refractivity contribution in [2.24, 2.45) is 0 Å². The zero-order chi connectivity index (χ0) is 25.2. The molecule has 7 nitrogen and oxygen atoms in total. The number of aryl methyl sites for hydroxylation is 1. The van der Waals surface area contributed by atoms with Crippen molar-refractivity contribution < 1.29 is 13.0 Å². The number of nitrogens with one attached hydrogen (secondary N) is 1. The fourth-order valence-corrected chi connectivity index (χ4v) is 7.35. The molecule has 0 saturated heterocycles. The number of H-pyrrole nitrogens is 1. The minimum Gasteiger partial charge on any atom is -0.391 e. The lowest BCUT2D eigenvalue weighted by Gasteiger charge is -2.47. The van der Waals surface area contributed by atoms with Crippen LogP contribution < -0.4 is 10.7 Å². The van der Waals surface area contributed by atoms with Gasteiger partial charge in [0.15, 0.2) is 0 Å². The van der Waals surface area contributed by atoms with E-state index >= 15 is 4.39 Å². The summed E-state index contributed by atoms with van der Waals surface area (Å²) in [4.78, 5) is 14.4. The highest BCUT2D eigenvalue weighted by molar-refractivity contribution is 7.98. The molecule has 1 unspecified atom stereocenters. The average Bonchev–Trinajstić information content (AvgIpc) is 3.16. The Morgan fingerprint density at radius 2 is 1.91 bits per heavy atom. The second-order valence-corrected chi connectivity index (χ2v) is 12.0. The summed E-state index contributed by atoms with van der Waals surface area (Å²) in [5, 5.41) is 6.93. The summed E-state index contributed by atoms with van der Waals surface area (Å²) in [5.41, 5.74) is 2.61. The number of halogens is 2. The molecule has 0 radical (unpaired) electrons. The normalized spacial score (nSPS) is 19.8. The first-order valence-electron chi connectivity index (χ1n) is 10.7. The Balaban J connectivity index is 2.00. The van der Waals surface area contributed by atoms with Gasteiger partial charge in [-0.1, -0.05) is 31.5 Å². The third-order valence-corrected chi connectivity index (χ3v) is 9.28. The molecule has 4 rings (SSSR count). The smallest absolute Gasteiger partial charge is 0.391 e. The Hall–Kier alpha value is -2.62. The molecule has 1 N–H and O–H groups in total. The van der Waals surface area contributed by atoms with Crippen LogP contribution in [0.5, 0.6) is 0 Å². The highest BCUT2D eigenvalue weighted by Crippen LogP contribution is 2.48. The predicted octanol–water partition coefficient (Wildman–Crippen LogP) is 4.50. The predicted molar refractivity (Wildman–Crippen MR) is 134 cm³/mol. The maximum Gasteiger partial charge on any atom is 0.434 e. The van der Waals surface area contributed by atoms with Crippen LogP contribution in [0.4, 0.5) is 10.1 Å². The quantitative estimate of drug-likeness (QED) is 0.527. The van der Waals surface area contributed by atoms with E-state index in [2.05, 4.69) is 16.1 Å². The minimum atomic E-state index is -3.13. The molecule has 0 spiro atoms. The van der Waals surface area contributed by atoms with Gasteiger partial charge in [-0.25, -0.2) is 18.5 Å². The molecule has 0 aliphatic carbocycles. The number of nitrogens with zero attached hydrogens (tertiary/aromatic N) is 3. The van der Waals surface area contributed by atoms with Gasteiger partial charge in [0.05, 0.1) is 27.0 Å². The molecule has 2 heterocycles. The minimum absolute atomic E-state index is 0.00853. The summed E-state index contributed by atoms with van der Waals surface area (Å²) in [6, 6.07) is 5.64. The molecule has 1 aromatic heterocycles. The van der Waals surface area contributed by atoms with Crippen LogP contribution in [-0.4, -0.2) is 38.3 Å². The van der Waals surface area contributed by atoms with Gasteiger partial charge in [-0.2, -0.15) is 4.31 Å². The molecule has 1 aliphatic heterocycles. The number of benzene rings is 2. The number of rotatable bonds is 4. The monoisotopic (exact) mass is 506 g/mol. The van der Waals surface area contributed by atoms with Gasteiger partial charge in [-0.3, -0.25) is 0 Å². The van der Waals surface area contributed by atoms with Crippen LogP contribution in [-0.2, 0) is 15.1 Å². The summed E-state index contributed by atoms with van der Waals surface area (Å²) >= 11 is 6.34. The molecule has 182 valence electrons. The summed E-state index contributed by atoms with van der Waals surface area (Å²) in [7, 11) is -1.27. The molecule has 0 bridgehead atoms. The van der Waals surface area contributed by atoms with E-state index < -0.39 is 32.7 Å². The number of hydrogen-bond acceptors (Lipinski definition) is 5. The molecule has 0 saturated carbocycles. The van der Waals surface area contributed by atoms with Gasteiger partial charge in [0, 0.05) is 17.5 Å². The number of aromatic amines is 1. The van der Waals surface area contributed by atoms with Gasteiger partial charge >= 0.3 is 5.76 Å². The first-order chi connectivity index (χ1) is 15.8. The van der Waals surface area contributed by atoms with Gasteiger partial charge in [0.25, 0.3) is 0 Å². The first-order valence-corrected chi connectivity index (χ1v) is 12.8. The van der Waals surface area contributed by atoms with Crippen molar-refractivity contribution in [1.82, 2.24) is 14.5 Å². The average molecular weight is 507 g/mol. The summed E-state index contributed by atoms with van der Waals surface area (Å²) in [6.45, 7) is 9.43. The van der Waals surface area contributed by atoms with Gasteiger partial charge in [-0.15, -0.1) is 5.10 Å². The van der Waals surface area contributed by atoms with E-state index in [0.717, 1.165) is 22.4 Å². The Morgan fingerprint density at radius 1 is 1.24 bits per heavy atom. The fourth-order valence-electron chi connectivity index (χ4n) is 4.99. The molecule has 34 heavy (non-hydrogen) atoms. The Kier molecular flexibility index (Phi) is 5.95. The zero-order valence-corrected chi connectivity index (χ0v) is 21.6. The molecular weight excluding hydrogens is 479 g/mol. The number of fused-ring (bicyclic) bond motifs is 1. The Bertz CT molecular complexity index is 1440. The largest absolute Gasteiger partial charge is 0.434 e. The highest BCUT2D eigenvalue weighted by Gasteiger charge is 2.48. The van der Waals surface area contributed by atoms with Crippen molar-refractivity contribution in [3.8, 4) is 0 Å². The van der Waals surface area contributed by atoms with E-state index in [-0.39, 0.29) is 12.6 Å². The molecule has 2 atom stereocenters. The lowest BCUT2D eigenvalue weighted by atomic mass is 9.74. The molecule has 0 amide bonds. The van der Waals surface area contributed by atoms with Crippen molar-refractivity contribution in [1.29, 1.82) is 0 Å². The molecule has 10 heteroatoms. The van der Waals surface area contributed by atoms with Gasteiger partial charge in [0.1, 0.15) is 11.9 Å². The van der Waals surface area contributed by atoms with E-state index in [1.165, 1.54) is 6.07 Å². The Morgan fingerprint density at radius 3 is 2.53 bits per heavy atom. The molecule has 1 aliphatic rings. The van der Waals surface area contributed by atoms with Gasteiger partial charge < -0.3 is 9.32 Å². The molecule has 0 fully saturated rings. The number of anilines is 1. The van der Waals surface area contributed by atoms with Gasteiger partial charge in [0.2, 0.25) is 5.89 Å². The van der Waals surface area contributed by atoms with Crippen molar-refractivity contribution in [3.63, 3.8) is 0 Å². The molecule has 2 aromatic carbocycles. The van der Waals surface area contributed by atoms with Crippen molar-refractivity contribution in [3.05, 3.63) is 73.8 Å². The third-order valence-electron chi connectivity index (χ3n) is 6.77. The number of aromatic nitrogens is 2. The van der Waals surface area contributed by atoms with E-state index in [1.807, 2.05) is 46.6 Å². The van der Waals surface area contributed by atoms with Gasteiger partial charge in [-0.05, 0) is 67.1 Å². The SMILES string of the molecule is C=S1(=O)c2ccc(Cl)c(C)c2N(C)CN1[C@H](c1n[nH]c(=O)o1)C(C)(C)c1c(F)ccc(C)c1C. The summed E-state index contributed by atoms with van der Waals surface area (Å²) < 4.78 is 36.8. The van der Waals surface area contributed by atoms with Crippen LogP contribution >= 0.6 is 11.6 Å². The van der Waals surface area contributed by atoms with Crippen molar-refractivity contribution >= 4 is 32.9 Å². The lowest BCUT2D eigenvalue weighted by Crippen LogP contribution is -2.51. The van der Waals surface area contributed by atoms with Crippen molar-refractivity contribution in [2.45, 2.75) is 51.0 Å². The van der Waals surface area contributed by atoms with Crippen LogP contribution in [0.3, 0.4) is 0 Å². The fraction of sp³-hybridized carbons (Fsp3) is 0.375. The van der Waals surface area contributed by atoms with E-state index in [9.17, 15) is 9.00 Å². The van der Waals surface area contributed by atoms with E-state index in [4.69, 9.17) is 16.0 Å². The number of hydrogen-bond donors (Lipinski definition) is 1. The van der Waals surface area contributed by atoms with Crippen molar-refractivity contribution in [2.75, 3.05) is 18.6 Å². The standard InChI is InChI=1S/C24H28ClFN4O3S/c1-13-8-10-17(26)19(14(13)2)24(4,5)21(22-27-28-23(31)33-22)30-12-29(6)20-15(3)16(25)9-11-18(20)34(30,7)32/h8-11,21H,7,12H2,1-6H3,(H,28,31)/t21-,34?/m1/s1. The second-order valence-electron chi connectivity index (χ2n) is 9.36. The van der Waals surface area contributed by atoms with E-state index in [1.54, 1.807) is 22.5 Å². The summed E-state index contributed by atoms with van der Waals surface area (Å²) in [6.07, 6.45) is 0. The third kappa shape index (κ3) is 3.66. The van der Waals surface area contributed by atoms with Crippen LogP contribution in [0.1, 0.15) is 48.0 Å². The molecule has 3 aromatic rings. The van der Waals surface area contributed by atoms with Crippen LogP contribution in [0, 0.1) is 26.6 Å². The molecular formula is C24H28ClFN4O3S. The van der Waals surface area contributed by atoms with Crippen LogP contribution in [0.25, 0.3) is 0 Å². The zero-order valence-electron chi connectivity index (χ0n) is 20.0. The van der Waals surface area contributed by atoms with E-state index in [0.29, 0.717) is 15.5 Å².